The fourth-order valence-corrected chi connectivity index (χ4v) is 2.92. The van der Waals surface area contributed by atoms with Crippen LogP contribution in [-0.4, -0.2) is 8.07 Å². The number of anilines is 1. The van der Waals surface area contributed by atoms with Crippen LogP contribution in [0.25, 0.3) is 0 Å². The van der Waals surface area contributed by atoms with Gasteiger partial charge in [0.25, 0.3) is 0 Å². The van der Waals surface area contributed by atoms with Crippen molar-refractivity contribution in [3.05, 3.63) is 60.2 Å². The minimum absolute atomic E-state index is 1.02. The molecule has 0 aromatic heterocycles. The van der Waals surface area contributed by atoms with E-state index in [1.165, 1.54) is 5.19 Å². The molecule has 0 bridgehead atoms. The van der Waals surface area contributed by atoms with Crippen LogP contribution in [0.15, 0.2) is 54.6 Å². The third-order valence-corrected chi connectivity index (χ3v) is 5.00. The van der Waals surface area contributed by atoms with E-state index in [-0.39, 0.29) is 0 Å². The number of hydrogen-bond donors (Lipinski definition) is 1. The van der Waals surface area contributed by atoms with E-state index in [1.807, 2.05) is 30.3 Å². The molecule has 1 nitrogen and oxygen atoms in total. The average molecular weight is 265 g/mol. The van der Waals surface area contributed by atoms with Gasteiger partial charge in [0.15, 0.2) is 0 Å². The Bertz CT molecular complexity index is 583. The summed E-state index contributed by atoms with van der Waals surface area (Å²) in [5, 5.41) is 4.55. The second-order valence-corrected chi connectivity index (χ2v) is 10.6. The van der Waals surface area contributed by atoms with Crippen molar-refractivity contribution in [3.63, 3.8) is 0 Å². The molecule has 0 fully saturated rings. The van der Waals surface area contributed by atoms with E-state index in [1.54, 1.807) is 0 Å². The summed E-state index contributed by atoms with van der Waals surface area (Å²) in [5.74, 6) is 3.13. The molecule has 0 heterocycles. The lowest BCUT2D eigenvalue weighted by Crippen LogP contribution is -2.37. The zero-order chi connectivity index (χ0) is 13.7. The van der Waals surface area contributed by atoms with E-state index in [2.05, 4.69) is 61.2 Å². The largest absolute Gasteiger partial charge is 0.315 e. The molecule has 0 spiro atoms. The third-order valence-electron chi connectivity index (χ3n) is 2.94. The molecule has 0 aliphatic carbocycles. The Morgan fingerprint density at radius 3 is 2.05 bits per heavy atom. The lowest BCUT2D eigenvalue weighted by Gasteiger charge is -2.15. The molecule has 0 saturated heterocycles. The molecule has 0 atom stereocenters. The van der Waals surface area contributed by atoms with Crippen molar-refractivity contribution in [2.45, 2.75) is 19.6 Å². The Balaban J connectivity index is 2.05. The molecule has 2 rings (SSSR count). The first-order chi connectivity index (χ1) is 9.05. The molecule has 2 aromatic carbocycles. The van der Waals surface area contributed by atoms with Crippen molar-refractivity contribution < 1.29 is 0 Å². The SMILES string of the molecule is C[Si](C)(C)c1ccc(C#CNc2ccccc2)cc1. The molecular formula is C17H19NSi. The van der Waals surface area contributed by atoms with Crippen LogP contribution in [0.1, 0.15) is 5.56 Å². The normalized spacial score (nSPS) is 10.5. The highest BCUT2D eigenvalue weighted by molar-refractivity contribution is 6.88. The molecule has 96 valence electrons. The van der Waals surface area contributed by atoms with Crippen molar-refractivity contribution in [2.75, 3.05) is 5.32 Å². The minimum Gasteiger partial charge on any atom is -0.315 e. The first-order valence-electron chi connectivity index (χ1n) is 6.48. The minimum atomic E-state index is -1.20. The Labute approximate surface area is 116 Å². The van der Waals surface area contributed by atoms with Gasteiger partial charge in [-0.3, -0.25) is 0 Å². The van der Waals surface area contributed by atoms with Crippen LogP contribution in [0.3, 0.4) is 0 Å². The van der Waals surface area contributed by atoms with E-state index < -0.39 is 8.07 Å². The van der Waals surface area contributed by atoms with Gasteiger partial charge in [-0.15, -0.1) is 0 Å². The fourth-order valence-electron chi connectivity index (χ4n) is 1.75. The average Bonchev–Trinajstić information content (AvgIpc) is 2.39. The predicted octanol–water partition coefficient (Wildman–Crippen LogP) is 3.65. The summed E-state index contributed by atoms with van der Waals surface area (Å²) in [6.45, 7) is 7.06. The first kappa shape index (κ1) is 13.4. The van der Waals surface area contributed by atoms with Gasteiger partial charge in [0.2, 0.25) is 0 Å². The van der Waals surface area contributed by atoms with Gasteiger partial charge in [-0.1, -0.05) is 55.2 Å². The van der Waals surface area contributed by atoms with Crippen molar-refractivity contribution in [2.24, 2.45) is 0 Å². The molecule has 19 heavy (non-hydrogen) atoms. The van der Waals surface area contributed by atoms with Crippen LogP contribution in [-0.2, 0) is 0 Å². The predicted molar refractivity (Wildman–Crippen MR) is 86.4 cm³/mol. The van der Waals surface area contributed by atoms with E-state index >= 15 is 0 Å². The Kier molecular flexibility index (Phi) is 4.09. The van der Waals surface area contributed by atoms with Crippen molar-refractivity contribution in [1.82, 2.24) is 0 Å². The number of hydrogen-bond acceptors (Lipinski definition) is 1. The number of rotatable bonds is 2. The maximum Gasteiger partial charge on any atom is 0.0775 e. The summed E-state index contributed by atoms with van der Waals surface area (Å²) in [4.78, 5) is 0. The Morgan fingerprint density at radius 1 is 0.842 bits per heavy atom. The summed E-state index contributed by atoms with van der Waals surface area (Å²) in [7, 11) is -1.20. The summed E-state index contributed by atoms with van der Waals surface area (Å²) < 4.78 is 0. The molecule has 0 amide bonds. The van der Waals surface area contributed by atoms with Crippen LogP contribution >= 0.6 is 0 Å². The molecule has 0 aliphatic heterocycles. The highest BCUT2D eigenvalue weighted by atomic mass is 28.3. The van der Waals surface area contributed by atoms with Gasteiger partial charge >= 0.3 is 0 Å². The molecule has 0 saturated carbocycles. The monoisotopic (exact) mass is 265 g/mol. The van der Waals surface area contributed by atoms with Gasteiger partial charge in [-0.05, 0) is 30.2 Å². The fraction of sp³-hybridized carbons (Fsp3) is 0.176. The maximum atomic E-state index is 3.13. The number of benzene rings is 2. The molecular weight excluding hydrogens is 246 g/mol. The van der Waals surface area contributed by atoms with Gasteiger partial charge in [0.1, 0.15) is 0 Å². The van der Waals surface area contributed by atoms with Crippen LogP contribution in [0.4, 0.5) is 5.69 Å². The molecule has 0 radical (unpaired) electrons. The van der Waals surface area contributed by atoms with Crippen LogP contribution in [0, 0.1) is 12.0 Å². The number of para-hydroxylation sites is 1. The van der Waals surface area contributed by atoms with Crippen molar-refractivity contribution >= 4 is 18.9 Å². The van der Waals surface area contributed by atoms with E-state index in [0.717, 1.165) is 11.3 Å². The lowest BCUT2D eigenvalue weighted by atomic mass is 10.2. The molecule has 0 aliphatic rings. The quantitative estimate of drug-likeness (QED) is 0.496. The topological polar surface area (TPSA) is 12.0 Å². The van der Waals surface area contributed by atoms with E-state index in [0.29, 0.717) is 0 Å². The first-order valence-corrected chi connectivity index (χ1v) is 9.98. The second-order valence-electron chi connectivity index (χ2n) is 5.57. The lowest BCUT2D eigenvalue weighted by molar-refractivity contribution is 1.61. The molecule has 2 heteroatoms. The van der Waals surface area contributed by atoms with Crippen molar-refractivity contribution in [1.29, 1.82) is 0 Å². The molecule has 0 unspecified atom stereocenters. The Hall–Kier alpha value is -1.98. The van der Waals surface area contributed by atoms with E-state index in [4.69, 9.17) is 0 Å². The van der Waals surface area contributed by atoms with Crippen LogP contribution in [0.2, 0.25) is 19.6 Å². The molecule has 2 aromatic rings. The summed E-state index contributed by atoms with van der Waals surface area (Å²) >= 11 is 0. The summed E-state index contributed by atoms with van der Waals surface area (Å²) in [5.41, 5.74) is 2.07. The standard InChI is InChI=1S/C17H19NSi/c1-19(2,3)17-11-9-15(10-12-17)13-14-18-16-7-5-4-6-8-16/h4-12,18H,1-3H3. The van der Waals surface area contributed by atoms with Gasteiger partial charge in [-0.25, -0.2) is 0 Å². The second kappa shape index (κ2) is 5.77. The summed E-state index contributed by atoms with van der Waals surface area (Å²) in [6.07, 6.45) is 0. The zero-order valence-corrected chi connectivity index (χ0v) is 12.7. The Morgan fingerprint density at radius 2 is 1.47 bits per heavy atom. The van der Waals surface area contributed by atoms with Gasteiger partial charge < -0.3 is 5.32 Å². The molecule has 1 N–H and O–H groups in total. The van der Waals surface area contributed by atoms with Gasteiger partial charge in [0, 0.05) is 17.3 Å². The summed E-state index contributed by atoms with van der Waals surface area (Å²) in [6, 6.07) is 21.6. The van der Waals surface area contributed by atoms with Crippen molar-refractivity contribution in [3.8, 4) is 12.0 Å². The van der Waals surface area contributed by atoms with Crippen LogP contribution < -0.4 is 10.5 Å². The number of nitrogens with one attached hydrogen (secondary N) is 1. The zero-order valence-electron chi connectivity index (χ0n) is 11.7. The smallest absolute Gasteiger partial charge is 0.0775 e. The highest BCUT2D eigenvalue weighted by Crippen LogP contribution is 2.05. The van der Waals surface area contributed by atoms with Gasteiger partial charge in [-0.2, -0.15) is 0 Å². The highest BCUT2D eigenvalue weighted by Gasteiger charge is 2.15. The maximum absolute atomic E-state index is 3.13. The van der Waals surface area contributed by atoms with Gasteiger partial charge in [0.05, 0.1) is 8.07 Å². The third kappa shape index (κ3) is 4.01. The van der Waals surface area contributed by atoms with E-state index in [9.17, 15) is 0 Å². The van der Waals surface area contributed by atoms with Crippen LogP contribution in [0.5, 0.6) is 0 Å².